The molecule has 0 bridgehead atoms. The quantitative estimate of drug-likeness (QED) is 0.450. The normalized spacial score (nSPS) is 12.6. The predicted molar refractivity (Wildman–Crippen MR) is 115 cm³/mol. The summed E-state index contributed by atoms with van der Waals surface area (Å²) in [5.74, 6) is 1.82. The fourth-order valence-corrected chi connectivity index (χ4v) is 2.87. The van der Waals surface area contributed by atoms with E-state index in [1.54, 1.807) is 6.20 Å². The Morgan fingerprint density at radius 2 is 1.97 bits per heavy atom. The zero-order chi connectivity index (χ0) is 20.5. The molecule has 7 heteroatoms. The highest BCUT2D eigenvalue weighted by atomic mass is 16.5. The molecule has 0 aliphatic heterocycles. The molecule has 0 radical (unpaired) electrons. The summed E-state index contributed by atoms with van der Waals surface area (Å²) < 4.78 is 5.29. The van der Waals surface area contributed by atoms with Crippen LogP contribution in [0.1, 0.15) is 43.8 Å². The standard InChI is InChI=1S/C22H28N6O/c1-4-17-9-11-18(12-10-17)16(3)26-22(23-5-2)25-15-13-20-27-21(29-28-20)19-8-6-7-14-24-19/h6-12,14,16H,4-5,13,15H2,1-3H3,(H2,23,25,26). The number of aliphatic imine (C=N–C) groups is 1. The van der Waals surface area contributed by atoms with E-state index in [0.717, 1.165) is 18.9 Å². The van der Waals surface area contributed by atoms with Crippen LogP contribution < -0.4 is 10.6 Å². The van der Waals surface area contributed by atoms with Crippen molar-refractivity contribution in [3.05, 3.63) is 65.6 Å². The SMILES string of the molecule is CCNC(=NCCc1noc(-c2ccccn2)n1)NC(C)c1ccc(CC)cc1. The van der Waals surface area contributed by atoms with Crippen LogP contribution >= 0.6 is 0 Å². The Hall–Kier alpha value is -3.22. The van der Waals surface area contributed by atoms with Crippen LogP contribution in [0.2, 0.25) is 0 Å². The van der Waals surface area contributed by atoms with Gasteiger partial charge in [0.1, 0.15) is 5.69 Å². The Morgan fingerprint density at radius 3 is 2.66 bits per heavy atom. The Balaban J connectivity index is 1.58. The third kappa shape index (κ3) is 5.88. The Labute approximate surface area is 171 Å². The van der Waals surface area contributed by atoms with E-state index in [9.17, 15) is 0 Å². The van der Waals surface area contributed by atoms with Crippen molar-refractivity contribution in [1.82, 2.24) is 25.8 Å². The number of benzene rings is 1. The average molecular weight is 393 g/mol. The van der Waals surface area contributed by atoms with Gasteiger partial charge in [-0.05, 0) is 43.5 Å². The molecule has 0 amide bonds. The number of guanidine groups is 1. The van der Waals surface area contributed by atoms with Crippen molar-refractivity contribution >= 4 is 5.96 Å². The minimum absolute atomic E-state index is 0.152. The van der Waals surface area contributed by atoms with Gasteiger partial charge in [0.15, 0.2) is 11.8 Å². The molecule has 0 aliphatic carbocycles. The zero-order valence-electron chi connectivity index (χ0n) is 17.2. The van der Waals surface area contributed by atoms with E-state index in [4.69, 9.17) is 4.52 Å². The van der Waals surface area contributed by atoms with Gasteiger partial charge in [-0.25, -0.2) is 0 Å². The van der Waals surface area contributed by atoms with Crippen molar-refractivity contribution in [3.8, 4) is 11.6 Å². The van der Waals surface area contributed by atoms with Gasteiger partial charge in [0, 0.05) is 25.7 Å². The van der Waals surface area contributed by atoms with Gasteiger partial charge in [0.2, 0.25) is 0 Å². The summed E-state index contributed by atoms with van der Waals surface area (Å²) in [6.45, 7) is 7.69. The predicted octanol–water partition coefficient (Wildman–Crippen LogP) is 3.55. The second kappa shape index (κ2) is 10.4. The number of hydrogen-bond donors (Lipinski definition) is 2. The van der Waals surface area contributed by atoms with Crippen molar-refractivity contribution in [2.24, 2.45) is 4.99 Å². The smallest absolute Gasteiger partial charge is 0.276 e. The molecular weight excluding hydrogens is 364 g/mol. The maximum atomic E-state index is 5.29. The van der Waals surface area contributed by atoms with Gasteiger partial charge in [-0.15, -0.1) is 0 Å². The molecule has 0 aliphatic rings. The average Bonchev–Trinajstić information content (AvgIpc) is 3.23. The number of rotatable bonds is 8. The third-order valence-electron chi connectivity index (χ3n) is 4.54. The number of nitrogens with one attached hydrogen (secondary N) is 2. The molecule has 1 unspecified atom stereocenters. The summed E-state index contributed by atoms with van der Waals surface area (Å²) in [5.41, 5.74) is 3.24. The second-order valence-corrected chi connectivity index (χ2v) is 6.70. The van der Waals surface area contributed by atoms with Crippen molar-refractivity contribution in [1.29, 1.82) is 0 Å². The summed E-state index contributed by atoms with van der Waals surface area (Å²) in [7, 11) is 0. The lowest BCUT2D eigenvalue weighted by Gasteiger charge is -2.18. The van der Waals surface area contributed by atoms with E-state index >= 15 is 0 Å². The van der Waals surface area contributed by atoms with E-state index in [1.165, 1.54) is 11.1 Å². The van der Waals surface area contributed by atoms with Crippen LogP contribution in [-0.4, -0.2) is 34.2 Å². The zero-order valence-corrected chi connectivity index (χ0v) is 17.2. The van der Waals surface area contributed by atoms with Crippen LogP contribution in [0.25, 0.3) is 11.6 Å². The van der Waals surface area contributed by atoms with Crippen molar-refractivity contribution in [2.75, 3.05) is 13.1 Å². The highest BCUT2D eigenvalue weighted by Crippen LogP contribution is 2.14. The van der Waals surface area contributed by atoms with Gasteiger partial charge in [-0.3, -0.25) is 9.98 Å². The summed E-state index contributed by atoms with van der Waals surface area (Å²) >= 11 is 0. The first kappa shape index (κ1) is 20.5. The fraction of sp³-hybridized carbons (Fsp3) is 0.364. The molecule has 2 heterocycles. The van der Waals surface area contributed by atoms with Gasteiger partial charge >= 0.3 is 0 Å². The first-order chi connectivity index (χ1) is 14.2. The van der Waals surface area contributed by atoms with Crippen LogP contribution in [0.4, 0.5) is 0 Å². The summed E-state index contributed by atoms with van der Waals surface area (Å²) in [4.78, 5) is 13.3. The lowest BCUT2D eigenvalue weighted by atomic mass is 10.1. The molecule has 2 N–H and O–H groups in total. The maximum Gasteiger partial charge on any atom is 0.276 e. The molecule has 152 valence electrons. The fourth-order valence-electron chi connectivity index (χ4n) is 2.87. The lowest BCUT2D eigenvalue weighted by molar-refractivity contribution is 0.421. The van der Waals surface area contributed by atoms with Crippen LogP contribution in [0.3, 0.4) is 0 Å². The Morgan fingerprint density at radius 1 is 1.14 bits per heavy atom. The number of pyridine rings is 1. The largest absolute Gasteiger partial charge is 0.357 e. The minimum atomic E-state index is 0.152. The molecule has 1 aromatic carbocycles. The van der Waals surface area contributed by atoms with Gasteiger partial charge in [0.25, 0.3) is 5.89 Å². The van der Waals surface area contributed by atoms with Crippen molar-refractivity contribution < 1.29 is 4.52 Å². The first-order valence-electron chi connectivity index (χ1n) is 10.1. The lowest BCUT2D eigenvalue weighted by Crippen LogP contribution is -2.38. The molecule has 3 rings (SSSR count). The Bertz CT molecular complexity index is 905. The molecule has 3 aromatic rings. The summed E-state index contributed by atoms with van der Waals surface area (Å²) in [6, 6.07) is 14.4. The summed E-state index contributed by atoms with van der Waals surface area (Å²) in [5, 5.41) is 10.8. The van der Waals surface area contributed by atoms with Gasteiger partial charge in [-0.2, -0.15) is 4.98 Å². The molecule has 0 saturated heterocycles. The minimum Gasteiger partial charge on any atom is -0.357 e. The molecule has 1 atom stereocenters. The summed E-state index contributed by atoms with van der Waals surface area (Å²) in [6.07, 6.45) is 3.34. The number of hydrogen-bond acceptors (Lipinski definition) is 5. The molecular formula is C22H28N6O. The van der Waals surface area contributed by atoms with E-state index in [2.05, 4.69) is 75.8 Å². The molecule has 0 fully saturated rings. The molecule has 2 aromatic heterocycles. The number of aromatic nitrogens is 3. The topological polar surface area (TPSA) is 88.2 Å². The van der Waals surface area contributed by atoms with Crippen molar-refractivity contribution in [3.63, 3.8) is 0 Å². The highest BCUT2D eigenvalue weighted by Gasteiger charge is 2.10. The van der Waals surface area contributed by atoms with E-state index < -0.39 is 0 Å². The van der Waals surface area contributed by atoms with Gasteiger partial charge in [0.05, 0.1) is 6.04 Å². The molecule has 7 nitrogen and oxygen atoms in total. The van der Waals surface area contributed by atoms with Crippen LogP contribution in [0.15, 0.2) is 58.2 Å². The van der Waals surface area contributed by atoms with Crippen LogP contribution in [0.5, 0.6) is 0 Å². The van der Waals surface area contributed by atoms with E-state index in [-0.39, 0.29) is 6.04 Å². The number of aryl methyl sites for hydroxylation is 1. The number of nitrogens with zero attached hydrogens (tertiary/aromatic N) is 4. The van der Waals surface area contributed by atoms with E-state index in [1.807, 2.05) is 18.2 Å². The van der Waals surface area contributed by atoms with E-state index in [0.29, 0.717) is 30.4 Å². The van der Waals surface area contributed by atoms with Gasteiger partial charge < -0.3 is 15.2 Å². The molecule has 0 saturated carbocycles. The van der Waals surface area contributed by atoms with Crippen LogP contribution in [0, 0.1) is 0 Å². The van der Waals surface area contributed by atoms with Crippen LogP contribution in [-0.2, 0) is 12.8 Å². The molecule has 0 spiro atoms. The monoisotopic (exact) mass is 392 g/mol. The molecule has 29 heavy (non-hydrogen) atoms. The van der Waals surface area contributed by atoms with Gasteiger partial charge in [-0.1, -0.05) is 42.4 Å². The second-order valence-electron chi connectivity index (χ2n) is 6.70. The first-order valence-corrected chi connectivity index (χ1v) is 10.1. The third-order valence-corrected chi connectivity index (χ3v) is 4.54. The van der Waals surface area contributed by atoms with Crippen molar-refractivity contribution in [2.45, 2.75) is 39.7 Å². The maximum absolute atomic E-state index is 5.29. The highest BCUT2D eigenvalue weighted by molar-refractivity contribution is 5.80. The Kier molecular flexibility index (Phi) is 7.33.